The Hall–Kier alpha value is -4.32. The lowest BCUT2D eigenvalue weighted by atomic mass is 10.1. The van der Waals surface area contributed by atoms with Crippen molar-refractivity contribution in [3.8, 4) is 0 Å². The molecule has 260 valence electrons. The van der Waals surface area contributed by atoms with E-state index in [0.717, 1.165) is 6.07 Å². The van der Waals surface area contributed by atoms with Gasteiger partial charge in [0.25, 0.3) is 5.91 Å². The average molecular weight is 719 g/mol. The highest BCUT2D eigenvalue weighted by atomic mass is 35.5. The molecule has 0 fully saturated rings. The van der Waals surface area contributed by atoms with Crippen LogP contribution in [0, 0.1) is 11.6 Å². The Morgan fingerprint density at radius 2 is 1.58 bits per heavy atom. The lowest BCUT2D eigenvalue weighted by Crippen LogP contribution is -2.44. The Morgan fingerprint density at radius 3 is 2.19 bits per heavy atom. The summed E-state index contributed by atoms with van der Waals surface area (Å²) in [5.41, 5.74) is 0.00678. The van der Waals surface area contributed by atoms with Gasteiger partial charge in [0.05, 0.1) is 33.2 Å². The van der Waals surface area contributed by atoms with Crippen LogP contribution >= 0.6 is 12.4 Å². The molecular formula is C30H32ClF5N6O5S. The molecule has 0 aliphatic carbocycles. The summed E-state index contributed by atoms with van der Waals surface area (Å²) in [5, 5.41) is 9.16. The number of aromatic amines is 1. The summed E-state index contributed by atoms with van der Waals surface area (Å²) in [6, 6.07) is 9.49. The van der Waals surface area contributed by atoms with E-state index < -0.39 is 50.9 Å². The molecule has 3 aromatic carbocycles. The number of nitrogens with one attached hydrogen (secondary N) is 2. The monoisotopic (exact) mass is 718 g/mol. The quantitative estimate of drug-likeness (QED) is 0.199. The second-order valence-corrected chi connectivity index (χ2v) is 12.7. The molecule has 1 aromatic heterocycles. The fraction of sp³-hybridized carbons (Fsp3) is 0.300. The van der Waals surface area contributed by atoms with E-state index in [-0.39, 0.29) is 51.9 Å². The van der Waals surface area contributed by atoms with Crippen LogP contribution in [0.15, 0.2) is 64.4 Å². The molecule has 0 saturated heterocycles. The van der Waals surface area contributed by atoms with Crippen molar-refractivity contribution in [3.63, 3.8) is 0 Å². The number of hydrogen-bond donors (Lipinski definition) is 2. The van der Waals surface area contributed by atoms with E-state index in [0.29, 0.717) is 41.9 Å². The van der Waals surface area contributed by atoms with Crippen molar-refractivity contribution < 1.29 is 44.7 Å². The van der Waals surface area contributed by atoms with E-state index in [4.69, 9.17) is 4.74 Å². The summed E-state index contributed by atoms with van der Waals surface area (Å²) in [7, 11) is 2.21. The molecule has 0 spiro atoms. The van der Waals surface area contributed by atoms with Crippen LogP contribution in [0.2, 0.25) is 0 Å². The zero-order valence-electron chi connectivity index (χ0n) is 26.1. The number of alkyl halides is 3. The third kappa shape index (κ3) is 8.58. The largest absolute Gasteiger partial charge is 0.471 e. The van der Waals surface area contributed by atoms with E-state index in [1.165, 1.54) is 37.4 Å². The van der Waals surface area contributed by atoms with Gasteiger partial charge in [-0.1, -0.05) is 0 Å². The first-order valence-corrected chi connectivity index (χ1v) is 15.4. The first-order valence-electron chi connectivity index (χ1n) is 13.9. The van der Waals surface area contributed by atoms with Crippen LogP contribution < -0.4 is 15.1 Å². The number of hydrogen-bond acceptors (Lipinski definition) is 8. The molecule has 4 rings (SSSR count). The van der Waals surface area contributed by atoms with Gasteiger partial charge in [-0.15, -0.1) is 12.4 Å². The van der Waals surface area contributed by atoms with Crippen LogP contribution in [0.1, 0.15) is 10.4 Å². The predicted molar refractivity (Wildman–Crippen MR) is 172 cm³/mol. The second kappa shape index (κ2) is 15.3. The fourth-order valence-corrected chi connectivity index (χ4v) is 5.90. The van der Waals surface area contributed by atoms with Crippen molar-refractivity contribution in [2.24, 2.45) is 0 Å². The molecule has 0 bridgehead atoms. The summed E-state index contributed by atoms with van der Waals surface area (Å²) >= 11 is 0. The fourth-order valence-electron chi connectivity index (χ4n) is 4.57. The summed E-state index contributed by atoms with van der Waals surface area (Å²) in [4.78, 5) is 29.3. The Labute approximate surface area is 279 Å². The molecule has 4 aromatic rings. The van der Waals surface area contributed by atoms with E-state index in [1.54, 1.807) is 11.9 Å². The number of ether oxygens (including phenoxy) is 1. The standard InChI is InChI=1S/C30H31F5N6O5S.ClH/c1-39(2)9-10-40(3)20-5-7-23(26(16-20)41(11-12-46-4)29(43)30(33,34)35)28(42)36-27-24-17-21(6-8-25(24)37-38-27)47(44,45)22-14-18(31)13-19(32)15-22;/h5-8,13-17H,9-12H2,1-4H3,(H2,36,37,38,42);1H. The Kier molecular flexibility index (Phi) is 12.1. The molecule has 0 saturated carbocycles. The number of fused-ring (bicyclic) bond motifs is 1. The smallest absolute Gasteiger partial charge is 0.383 e. The molecule has 0 unspecified atom stereocenters. The zero-order chi connectivity index (χ0) is 34.7. The number of sulfone groups is 1. The number of carbonyl (C=O) groups is 2. The van der Waals surface area contributed by atoms with Crippen LogP contribution in [-0.2, 0) is 19.4 Å². The van der Waals surface area contributed by atoms with Crippen molar-refractivity contribution in [1.29, 1.82) is 0 Å². The van der Waals surface area contributed by atoms with Crippen LogP contribution in [0.5, 0.6) is 0 Å². The number of halogens is 6. The lowest BCUT2D eigenvalue weighted by Gasteiger charge is -2.28. The summed E-state index contributed by atoms with van der Waals surface area (Å²) in [5.74, 6) is -5.58. The molecule has 2 N–H and O–H groups in total. The topological polar surface area (TPSA) is 128 Å². The van der Waals surface area contributed by atoms with Gasteiger partial charge in [-0.2, -0.15) is 18.3 Å². The van der Waals surface area contributed by atoms with Crippen LogP contribution in [0.25, 0.3) is 10.9 Å². The number of likely N-dealkylation sites (N-methyl/N-ethyl adjacent to an activating group) is 2. The Balaban J connectivity index is 0.00000625. The first-order chi connectivity index (χ1) is 22.0. The third-order valence-electron chi connectivity index (χ3n) is 7.07. The van der Waals surface area contributed by atoms with E-state index in [9.17, 15) is 40.0 Å². The lowest BCUT2D eigenvalue weighted by molar-refractivity contribution is -0.170. The number of H-pyrrole nitrogens is 1. The molecule has 48 heavy (non-hydrogen) atoms. The van der Waals surface area contributed by atoms with Gasteiger partial charge in [-0.05, 0) is 62.6 Å². The number of aromatic nitrogens is 2. The van der Waals surface area contributed by atoms with Crippen LogP contribution in [-0.4, -0.2) is 96.0 Å². The summed E-state index contributed by atoms with van der Waals surface area (Å²) < 4.78 is 100. The molecule has 11 nitrogen and oxygen atoms in total. The van der Waals surface area contributed by atoms with Gasteiger partial charge in [-0.3, -0.25) is 14.7 Å². The number of benzene rings is 3. The number of methoxy groups -OCH3 is 1. The maximum absolute atomic E-state index is 13.8. The number of anilines is 3. The first kappa shape index (κ1) is 38.1. The van der Waals surface area contributed by atoms with Crippen molar-refractivity contribution in [3.05, 3.63) is 71.8 Å². The highest BCUT2D eigenvalue weighted by Crippen LogP contribution is 2.33. The van der Waals surface area contributed by atoms with E-state index in [2.05, 4.69) is 15.5 Å². The summed E-state index contributed by atoms with van der Waals surface area (Å²) in [6.45, 7) is 0.254. The minimum absolute atomic E-state index is 0. The van der Waals surface area contributed by atoms with Crippen LogP contribution in [0.4, 0.5) is 39.1 Å². The highest BCUT2D eigenvalue weighted by molar-refractivity contribution is 7.91. The van der Waals surface area contributed by atoms with Gasteiger partial charge >= 0.3 is 12.1 Å². The van der Waals surface area contributed by atoms with Gasteiger partial charge in [0.1, 0.15) is 11.6 Å². The van der Waals surface area contributed by atoms with Gasteiger partial charge in [0.15, 0.2) is 5.82 Å². The van der Waals surface area contributed by atoms with E-state index in [1.807, 2.05) is 19.0 Å². The Morgan fingerprint density at radius 1 is 0.917 bits per heavy atom. The molecule has 0 radical (unpaired) electrons. The second-order valence-electron chi connectivity index (χ2n) is 10.7. The molecule has 0 aliphatic heterocycles. The van der Waals surface area contributed by atoms with Crippen LogP contribution in [0.3, 0.4) is 0 Å². The van der Waals surface area contributed by atoms with Crippen molar-refractivity contribution in [2.75, 3.05) is 69.6 Å². The zero-order valence-corrected chi connectivity index (χ0v) is 27.7. The molecule has 2 amide bonds. The summed E-state index contributed by atoms with van der Waals surface area (Å²) in [6.07, 6.45) is -5.28. The number of nitrogens with zero attached hydrogens (tertiary/aromatic N) is 4. The molecule has 18 heteroatoms. The molecule has 0 aliphatic rings. The minimum atomic E-state index is -5.28. The predicted octanol–water partition coefficient (Wildman–Crippen LogP) is 4.89. The van der Waals surface area contributed by atoms with E-state index >= 15 is 0 Å². The minimum Gasteiger partial charge on any atom is -0.383 e. The highest BCUT2D eigenvalue weighted by Gasteiger charge is 2.44. The Bertz CT molecular complexity index is 1880. The maximum atomic E-state index is 13.8. The number of carbonyl (C=O) groups excluding carboxylic acids is 2. The van der Waals surface area contributed by atoms with Crippen molar-refractivity contribution >= 4 is 62.2 Å². The molecule has 1 heterocycles. The van der Waals surface area contributed by atoms with Gasteiger partial charge in [0.2, 0.25) is 9.84 Å². The average Bonchev–Trinajstić information content (AvgIpc) is 3.40. The van der Waals surface area contributed by atoms with Crippen molar-refractivity contribution in [1.82, 2.24) is 15.1 Å². The van der Waals surface area contributed by atoms with Gasteiger partial charge in [0, 0.05) is 50.9 Å². The molecular weight excluding hydrogens is 687 g/mol. The van der Waals surface area contributed by atoms with Gasteiger partial charge < -0.3 is 24.8 Å². The number of rotatable bonds is 12. The van der Waals surface area contributed by atoms with Crippen molar-refractivity contribution in [2.45, 2.75) is 16.0 Å². The maximum Gasteiger partial charge on any atom is 0.471 e. The third-order valence-corrected chi connectivity index (χ3v) is 8.80. The number of amides is 2. The normalized spacial score (nSPS) is 11.8. The molecule has 0 atom stereocenters. The van der Waals surface area contributed by atoms with Gasteiger partial charge in [-0.25, -0.2) is 17.2 Å². The SMILES string of the molecule is COCCN(C(=O)C(F)(F)F)c1cc(N(C)CCN(C)C)ccc1C(=O)Nc1n[nH]c2ccc(S(=O)(=O)c3cc(F)cc(F)c3)cc12.Cl.